The monoisotopic (exact) mass is 408 g/mol. The molecule has 0 saturated heterocycles. The highest BCUT2D eigenvalue weighted by atomic mass is 35.5. The molecule has 1 fully saturated rings. The summed E-state index contributed by atoms with van der Waals surface area (Å²) >= 11 is 0. The summed E-state index contributed by atoms with van der Waals surface area (Å²) in [5, 5.41) is 14.7. The van der Waals surface area contributed by atoms with E-state index in [1.165, 1.54) is 38.5 Å². The molecule has 0 atom stereocenters. The van der Waals surface area contributed by atoms with Gasteiger partial charge >= 0.3 is 0 Å². The van der Waals surface area contributed by atoms with Gasteiger partial charge in [0.2, 0.25) is 5.91 Å². The third-order valence-electron chi connectivity index (χ3n) is 4.74. The molecule has 26 heavy (non-hydrogen) atoms. The Hall–Kier alpha value is -0.890. The Morgan fingerprint density at radius 2 is 1.81 bits per heavy atom. The van der Waals surface area contributed by atoms with Crippen LogP contribution in [0.4, 0.5) is 0 Å². The van der Waals surface area contributed by atoms with Crippen LogP contribution in [0.5, 0.6) is 0 Å². The Bertz CT molecular complexity index is 517. The number of carbonyl (C=O) groups excluding carboxylic acids is 1. The van der Waals surface area contributed by atoms with E-state index in [2.05, 4.69) is 20.8 Å². The normalized spacial score (nSPS) is 15.1. The number of rotatable bonds is 8. The highest BCUT2D eigenvalue weighted by Crippen LogP contribution is 2.16. The van der Waals surface area contributed by atoms with E-state index in [9.17, 15) is 4.79 Å². The van der Waals surface area contributed by atoms with Gasteiger partial charge in [0.05, 0.1) is 13.1 Å². The number of likely N-dealkylation sites (N-methyl/N-ethyl adjacent to an activating group) is 1. The fourth-order valence-electron chi connectivity index (χ4n) is 3.15. The van der Waals surface area contributed by atoms with Gasteiger partial charge in [-0.3, -0.25) is 9.69 Å². The van der Waals surface area contributed by atoms with Crippen molar-refractivity contribution in [1.82, 2.24) is 30.3 Å². The van der Waals surface area contributed by atoms with Crippen molar-refractivity contribution < 1.29 is 4.79 Å². The summed E-state index contributed by atoms with van der Waals surface area (Å²) < 4.78 is 1.95. The molecule has 0 aliphatic heterocycles. The number of carbonyl (C=O) groups is 1. The van der Waals surface area contributed by atoms with Crippen LogP contribution in [0.2, 0.25) is 0 Å². The topological polar surface area (TPSA) is 75.1 Å². The fourth-order valence-corrected chi connectivity index (χ4v) is 3.15. The predicted molar refractivity (Wildman–Crippen MR) is 109 cm³/mol. The molecule has 1 heterocycles. The first-order valence-corrected chi connectivity index (χ1v) is 9.09. The maximum atomic E-state index is 12.0. The van der Waals surface area contributed by atoms with E-state index in [1.54, 1.807) is 0 Å². The molecule has 0 spiro atoms. The van der Waals surface area contributed by atoms with Crippen LogP contribution >= 0.6 is 24.8 Å². The van der Waals surface area contributed by atoms with Crippen molar-refractivity contribution in [2.24, 2.45) is 7.05 Å². The van der Waals surface area contributed by atoms with E-state index >= 15 is 0 Å². The van der Waals surface area contributed by atoms with E-state index < -0.39 is 0 Å². The van der Waals surface area contributed by atoms with Gasteiger partial charge in [-0.25, -0.2) is 0 Å². The first-order chi connectivity index (χ1) is 11.6. The number of aryl methyl sites for hydroxylation is 1. The molecule has 1 aromatic rings. The molecule has 1 aromatic heterocycles. The van der Waals surface area contributed by atoms with Gasteiger partial charge in [0, 0.05) is 26.2 Å². The lowest BCUT2D eigenvalue weighted by molar-refractivity contribution is -0.122. The molecule has 0 aromatic carbocycles. The van der Waals surface area contributed by atoms with E-state index in [0.29, 0.717) is 25.7 Å². The number of nitrogens with zero attached hydrogens (tertiary/aromatic N) is 4. The third kappa shape index (κ3) is 8.66. The molecular weight excluding hydrogens is 375 g/mol. The third-order valence-corrected chi connectivity index (χ3v) is 4.74. The van der Waals surface area contributed by atoms with Crippen molar-refractivity contribution in [2.45, 2.75) is 58.0 Å². The molecule has 2 rings (SSSR count). The maximum Gasteiger partial charge on any atom is 0.234 e. The highest BCUT2D eigenvalue weighted by molar-refractivity contribution is 5.85. The quantitative estimate of drug-likeness (QED) is 0.506. The number of halogens is 2. The van der Waals surface area contributed by atoms with Crippen LogP contribution in [0.3, 0.4) is 0 Å². The number of hydrogen-bond donors (Lipinski definition) is 2. The maximum absolute atomic E-state index is 12.0. The summed E-state index contributed by atoms with van der Waals surface area (Å²) in [5.74, 6) is 1.81. The Kier molecular flexibility index (Phi) is 12.8. The summed E-state index contributed by atoms with van der Waals surface area (Å²) in [6, 6.07) is 0.631. The van der Waals surface area contributed by atoms with Gasteiger partial charge in [-0.05, 0) is 26.8 Å². The minimum absolute atomic E-state index is 0. The zero-order valence-corrected chi connectivity index (χ0v) is 17.8. The first-order valence-electron chi connectivity index (χ1n) is 9.09. The van der Waals surface area contributed by atoms with Gasteiger partial charge in [-0.15, -0.1) is 35.0 Å². The molecular formula is C17H34Cl2N6O. The summed E-state index contributed by atoms with van der Waals surface area (Å²) in [5.41, 5.74) is 0. The summed E-state index contributed by atoms with van der Waals surface area (Å²) in [6.07, 6.45) is 7.94. The standard InChI is InChI=1S/C17H32N6O.2ClH/c1-14-20-21-16(23(14)3)12-22(2)13-17(24)19-11-10-18-15-8-6-4-5-7-9-15;;/h15,18H,4-13H2,1-3H3,(H,19,24);2*1H. The average Bonchev–Trinajstić information content (AvgIpc) is 2.76. The van der Waals surface area contributed by atoms with Gasteiger partial charge in [0.1, 0.15) is 11.6 Å². The fraction of sp³-hybridized carbons (Fsp3) is 0.824. The molecule has 1 saturated carbocycles. The van der Waals surface area contributed by atoms with Gasteiger partial charge in [-0.2, -0.15) is 0 Å². The summed E-state index contributed by atoms with van der Waals surface area (Å²) in [6.45, 7) is 4.44. The number of hydrogen-bond acceptors (Lipinski definition) is 5. The van der Waals surface area contributed by atoms with Crippen LogP contribution in [0, 0.1) is 6.92 Å². The largest absolute Gasteiger partial charge is 0.354 e. The van der Waals surface area contributed by atoms with Gasteiger partial charge in [-0.1, -0.05) is 25.7 Å². The second-order valence-electron chi connectivity index (χ2n) is 6.89. The molecule has 0 radical (unpaired) electrons. The van der Waals surface area contributed by atoms with Crippen LogP contribution in [0.25, 0.3) is 0 Å². The first kappa shape index (κ1) is 25.1. The van der Waals surface area contributed by atoms with Crippen LogP contribution in [0.15, 0.2) is 0 Å². The van der Waals surface area contributed by atoms with E-state index in [4.69, 9.17) is 0 Å². The molecule has 7 nitrogen and oxygen atoms in total. The molecule has 9 heteroatoms. The van der Waals surface area contributed by atoms with Crippen LogP contribution in [0.1, 0.15) is 50.2 Å². The van der Waals surface area contributed by atoms with Crippen molar-refractivity contribution in [1.29, 1.82) is 0 Å². The Balaban J connectivity index is 0.00000312. The minimum Gasteiger partial charge on any atom is -0.354 e. The Morgan fingerprint density at radius 1 is 1.15 bits per heavy atom. The van der Waals surface area contributed by atoms with Crippen LogP contribution < -0.4 is 10.6 Å². The van der Waals surface area contributed by atoms with Crippen molar-refractivity contribution in [3.8, 4) is 0 Å². The molecule has 1 aliphatic rings. The van der Waals surface area contributed by atoms with Crippen LogP contribution in [-0.4, -0.2) is 58.3 Å². The zero-order valence-electron chi connectivity index (χ0n) is 16.2. The van der Waals surface area contributed by atoms with Crippen molar-refractivity contribution in [3.05, 3.63) is 11.6 Å². The molecule has 1 amide bonds. The second-order valence-corrected chi connectivity index (χ2v) is 6.89. The second kappa shape index (κ2) is 13.3. The molecule has 2 N–H and O–H groups in total. The highest BCUT2D eigenvalue weighted by Gasteiger charge is 2.13. The molecule has 1 aliphatic carbocycles. The van der Waals surface area contributed by atoms with E-state index in [-0.39, 0.29) is 30.7 Å². The van der Waals surface area contributed by atoms with Crippen molar-refractivity contribution in [3.63, 3.8) is 0 Å². The van der Waals surface area contributed by atoms with Crippen molar-refractivity contribution in [2.75, 3.05) is 26.7 Å². The lowest BCUT2D eigenvalue weighted by Crippen LogP contribution is -2.40. The predicted octanol–water partition coefficient (Wildman–Crippen LogP) is 1.83. The Morgan fingerprint density at radius 3 is 2.38 bits per heavy atom. The number of amides is 1. The molecule has 152 valence electrons. The number of aromatic nitrogens is 3. The van der Waals surface area contributed by atoms with Gasteiger partial charge in [0.25, 0.3) is 0 Å². The average molecular weight is 409 g/mol. The van der Waals surface area contributed by atoms with E-state index in [1.807, 2.05) is 30.5 Å². The Labute approximate surface area is 169 Å². The molecule has 0 bridgehead atoms. The smallest absolute Gasteiger partial charge is 0.234 e. The summed E-state index contributed by atoms with van der Waals surface area (Å²) in [4.78, 5) is 14.0. The zero-order chi connectivity index (χ0) is 17.4. The minimum atomic E-state index is 0. The van der Waals surface area contributed by atoms with Gasteiger partial charge in [0.15, 0.2) is 0 Å². The van der Waals surface area contributed by atoms with Gasteiger partial charge < -0.3 is 15.2 Å². The lowest BCUT2D eigenvalue weighted by Gasteiger charge is -2.18. The SMILES string of the molecule is Cc1nnc(CN(C)CC(=O)NCCNC2CCCCCC2)n1C.Cl.Cl. The lowest BCUT2D eigenvalue weighted by atomic mass is 10.1. The van der Waals surface area contributed by atoms with Crippen LogP contribution in [-0.2, 0) is 18.4 Å². The number of nitrogens with one attached hydrogen (secondary N) is 2. The molecule has 0 unspecified atom stereocenters. The summed E-state index contributed by atoms with van der Waals surface area (Å²) in [7, 11) is 3.87. The van der Waals surface area contributed by atoms with Crippen molar-refractivity contribution >= 4 is 30.7 Å². The van der Waals surface area contributed by atoms with E-state index in [0.717, 1.165) is 18.2 Å².